The van der Waals surface area contributed by atoms with Gasteiger partial charge in [0.2, 0.25) is 0 Å². The molecule has 0 atom stereocenters. The van der Waals surface area contributed by atoms with E-state index in [9.17, 15) is 4.79 Å². The van der Waals surface area contributed by atoms with Crippen LogP contribution in [0.3, 0.4) is 0 Å². The van der Waals surface area contributed by atoms with Crippen LogP contribution >= 0.6 is 11.3 Å². The lowest BCUT2D eigenvalue weighted by Crippen LogP contribution is -2.17. The summed E-state index contributed by atoms with van der Waals surface area (Å²) >= 11 is 1.53. The van der Waals surface area contributed by atoms with E-state index in [0.717, 1.165) is 27.6 Å². The number of aryl methyl sites for hydroxylation is 1. The van der Waals surface area contributed by atoms with Crippen LogP contribution in [-0.4, -0.2) is 30.3 Å². The van der Waals surface area contributed by atoms with Crippen molar-refractivity contribution in [2.24, 2.45) is 5.10 Å². The van der Waals surface area contributed by atoms with Crippen molar-refractivity contribution in [2.75, 3.05) is 18.5 Å². The second-order valence-electron chi connectivity index (χ2n) is 7.88. The third kappa shape index (κ3) is 6.49. The Labute approximate surface area is 214 Å². The maximum atomic E-state index is 12.5. The zero-order chi connectivity index (χ0) is 25.3. The molecule has 4 aromatic rings. The minimum atomic E-state index is -0.297. The van der Waals surface area contributed by atoms with Crippen molar-refractivity contribution in [3.63, 3.8) is 0 Å². The topological polar surface area (TPSA) is 84.8 Å². The molecular formula is C28H28N4O3S. The van der Waals surface area contributed by atoms with Crippen molar-refractivity contribution in [3.05, 3.63) is 88.8 Å². The van der Waals surface area contributed by atoms with Gasteiger partial charge in [-0.05, 0) is 68.8 Å². The van der Waals surface area contributed by atoms with Crippen LogP contribution in [0.4, 0.5) is 10.8 Å². The van der Waals surface area contributed by atoms with Gasteiger partial charge in [-0.25, -0.2) is 10.4 Å². The molecule has 0 saturated carbocycles. The maximum absolute atomic E-state index is 12.5. The first kappa shape index (κ1) is 24.9. The predicted molar refractivity (Wildman–Crippen MR) is 146 cm³/mol. The Morgan fingerprint density at radius 3 is 2.42 bits per heavy atom. The number of hydrogen-bond acceptors (Lipinski definition) is 7. The van der Waals surface area contributed by atoms with Crippen LogP contribution in [0.2, 0.25) is 0 Å². The van der Waals surface area contributed by atoms with E-state index < -0.39 is 0 Å². The molecule has 0 fully saturated rings. The van der Waals surface area contributed by atoms with Gasteiger partial charge in [0.25, 0.3) is 5.91 Å². The number of hydrazone groups is 1. The second kappa shape index (κ2) is 12.0. The fraction of sp³-hybridized carbons (Fsp3) is 0.179. The average molecular weight is 501 g/mol. The molecule has 1 heterocycles. The Morgan fingerprint density at radius 1 is 0.972 bits per heavy atom. The van der Waals surface area contributed by atoms with E-state index in [-0.39, 0.29) is 5.91 Å². The van der Waals surface area contributed by atoms with E-state index >= 15 is 0 Å². The number of nitrogens with one attached hydrogen (secondary N) is 2. The zero-order valence-electron chi connectivity index (χ0n) is 20.4. The number of aromatic nitrogens is 1. The Hall–Kier alpha value is -4.17. The molecule has 0 aliphatic rings. The summed E-state index contributed by atoms with van der Waals surface area (Å²) < 4.78 is 11.2. The van der Waals surface area contributed by atoms with Crippen LogP contribution in [0.1, 0.15) is 35.3 Å². The van der Waals surface area contributed by atoms with Crippen molar-refractivity contribution in [2.45, 2.75) is 20.8 Å². The van der Waals surface area contributed by atoms with Gasteiger partial charge < -0.3 is 14.8 Å². The van der Waals surface area contributed by atoms with E-state index in [1.165, 1.54) is 16.9 Å². The van der Waals surface area contributed by atoms with Crippen LogP contribution < -0.4 is 20.2 Å². The van der Waals surface area contributed by atoms with Gasteiger partial charge in [0.1, 0.15) is 0 Å². The molecule has 0 saturated heterocycles. The van der Waals surface area contributed by atoms with Crippen molar-refractivity contribution in [1.29, 1.82) is 0 Å². The van der Waals surface area contributed by atoms with Crippen molar-refractivity contribution in [1.82, 2.24) is 10.4 Å². The minimum Gasteiger partial charge on any atom is -0.490 e. The summed E-state index contributed by atoms with van der Waals surface area (Å²) in [6.07, 6.45) is 1.57. The highest BCUT2D eigenvalue weighted by Gasteiger charge is 2.09. The smallest absolute Gasteiger partial charge is 0.271 e. The maximum Gasteiger partial charge on any atom is 0.271 e. The molecular weight excluding hydrogens is 472 g/mol. The third-order valence-electron chi connectivity index (χ3n) is 5.20. The molecule has 8 heteroatoms. The summed E-state index contributed by atoms with van der Waals surface area (Å²) in [7, 11) is 0. The quantitative estimate of drug-likeness (QED) is 0.194. The number of ether oxygens (including phenoxy) is 2. The molecule has 1 amide bonds. The van der Waals surface area contributed by atoms with Crippen molar-refractivity contribution in [3.8, 4) is 22.8 Å². The normalized spacial score (nSPS) is 10.9. The highest BCUT2D eigenvalue weighted by atomic mass is 32.1. The number of anilines is 2. The van der Waals surface area contributed by atoms with Crippen molar-refractivity contribution >= 4 is 34.3 Å². The van der Waals surface area contributed by atoms with E-state index in [2.05, 4.69) is 39.9 Å². The summed E-state index contributed by atoms with van der Waals surface area (Å²) in [5.41, 5.74) is 7.84. The second-order valence-corrected chi connectivity index (χ2v) is 8.74. The molecule has 2 N–H and O–H groups in total. The molecule has 4 rings (SSSR count). The largest absolute Gasteiger partial charge is 0.490 e. The van der Waals surface area contributed by atoms with Gasteiger partial charge in [-0.2, -0.15) is 5.10 Å². The lowest BCUT2D eigenvalue weighted by atomic mass is 10.1. The van der Waals surface area contributed by atoms with Gasteiger partial charge in [0.15, 0.2) is 16.6 Å². The van der Waals surface area contributed by atoms with Gasteiger partial charge >= 0.3 is 0 Å². The zero-order valence-corrected chi connectivity index (χ0v) is 21.3. The SMILES string of the molecule is CCOc1ccc(/C=N\NC(=O)c2ccc(-c3csc(Nc4ccc(C)cc4)n3)cc2)cc1OCC. The molecule has 1 aromatic heterocycles. The van der Waals surface area contributed by atoms with E-state index in [1.54, 1.807) is 18.3 Å². The van der Waals surface area contributed by atoms with E-state index in [4.69, 9.17) is 9.47 Å². The molecule has 0 aliphatic carbocycles. The monoisotopic (exact) mass is 500 g/mol. The molecule has 0 radical (unpaired) electrons. The molecule has 0 bridgehead atoms. The average Bonchev–Trinajstić information content (AvgIpc) is 3.36. The first-order valence-electron chi connectivity index (χ1n) is 11.7. The Morgan fingerprint density at radius 2 is 1.69 bits per heavy atom. The molecule has 7 nitrogen and oxygen atoms in total. The number of benzene rings is 3. The lowest BCUT2D eigenvalue weighted by Gasteiger charge is -2.11. The Kier molecular flexibility index (Phi) is 8.31. The highest BCUT2D eigenvalue weighted by Crippen LogP contribution is 2.29. The van der Waals surface area contributed by atoms with Gasteiger partial charge in [-0.1, -0.05) is 29.8 Å². The van der Waals surface area contributed by atoms with E-state index in [0.29, 0.717) is 30.3 Å². The molecule has 0 aliphatic heterocycles. The number of rotatable bonds is 10. The molecule has 3 aromatic carbocycles. The van der Waals surface area contributed by atoms with Crippen LogP contribution in [0, 0.1) is 6.92 Å². The Bertz CT molecular complexity index is 1330. The lowest BCUT2D eigenvalue weighted by molar-refractivity contribution is 0.0955. The van der Waals surface area contributed by atoms with E-state index in [1.807, 2.05) is 61.7 Å². The molecule has 184 valence electrons. The molecule has 0 spiro atoms. The standard InChI is InChI=1S/C28H28N4O3S/c1-4-34-25-15-8-20(16-26(25)35-5-2)17-29-32-27(33)22-11-9-21(10-12-22)24-18-36-28(31-24)30-23-13-6-19(3)7-14-23/h6-18H,4-5H2,1-3H3,(H,30,31)(H,32,33)/b29-17-. The third-order valence-corrected chi connectivity index (χ3v) is 5.95. The number of amides is 1. The summed E-state index contributed by atoms with van der Waals surface area (Å²) in [4.78, 5) is 17.2. The summed E-state index contributed by atoms with van der Waals surface area (Å²) in [6.45, 7) is 6.97. The van der Waals surface area contributed by atoms with Gasteiger partial charge in [0, 0.05) is 22.2 Å². The number of hydrogen-bond donors (Lipinski definition) is 2. The fourth-order valence-electron chi connectivity index (χ4n) is 3.39. The molecule has 0 unspecified atom stereocenters. The number of thiazole rings is 1. The number of nitrogens with zero attached hydrogens (tertiary/aromatic N) is 2. The first-order valence-corrected chi connectivity index (χ1v) is 12.6. The van der Waals surface area contributed by atoms with Gasteiger partial charge in [-0.3, -0.25) is 4.79 Å². The fourth-order valence-corrected chi connectivity index (χ4v) is 4.13. The van der Waals surface area contributed by atoms with Crippen LogP contribution in [-0.2, 0) is 0 Å². The number of carbonyl (C=O) groups is 1. The Balaban J connectivity index is 1.36. The highest BCUT2D eigenvalue weighted by molar-refractivity contribution is 7.14. The van der Waals surface area contributed by atoms with Crippen molar-refractivity contribution < 1.29 is 14.3 Å². The number of carbonyl (C=O) groups excluding carboxylic acids is 1. The van der Waals surface area contributed by atoms with Gasteiger partial charge in [0.05, 0.1) is 25.1 Å². The van der Waals surface area contributed by atoms with Crippen LogP contribution in [0.25, 0.3) is 11.3 Å². The first-order chi connectivity index (χ1) is 17.6. The van der Waals surface area contributed by atoms with Gasteiger partial charge in [-0.15, -0.1) is 11.3 Å². The van der Waals surface area contributed by atoms with Crippen LogP contribution in [0.15, 0.2) is 77.2 Å². The predicted octanol–water partition coefficient (Wildman–Crippen LogP) is 6.42. The summed E-state index contributed by atoms with van der Waals surface area (Å²) in [5, 5.41) is 10.2. The minimum absolute atomic E-state index is 0.297. The summed E-state index contributed by atoms with van der Waals surface area (Å²) in [5.74, 6) is 1.03. The molecule has 36 heavy (non-hydrogen) atoms. The summed E-state index contributed by atoms with van der Waals surface area (Å²) in [6, 6.07) is 21.0. The van der Waals surface area contributed by atoms with Crippen LogP contribution in [0.5, 0.6) is 11.5 Å².